The SMILES string of the molecule is Cc1ccc(CN2CCN(C(=O)OC(C(F)(F)F)C(F)(F)F)CC2)c(N2CCC(CO)CC2)c1. The van der Waals surface area contributed by atoms with Gasteiger partial charge in [-0.25, -0.2) is 4.79 Å². The van der Waals surface area contributed by atoms with E-state index in [1.165, 1.54) is 0 Å². The normalized spacial score (nSPS) is 19.1. The molecule has 3 rings (SSSR count). The molecule has 2 aliphatic heterocycles. The zero-order valence-electron chi connectivity index (χ0n) is 18.8. The number of piperidine rings is 1. The average molecular weight is 497 g/mol. The first-order valence-corrected chi connectivity index (χ1v) is 11.1. The van der Waals surface area contributed by atoms with Crippen LogP contribution in [0.25, 0.3) is 0 Å². The highest BCUT2D eigenvalue weighted by Crippen LogP contribution is 2.36. The molecule has 2 aliphatic rings. The molecule has 1 N–H and O–H groups in total. The van der Waals surface area contributed by atoms with E-state index >= 15 is 0 Å². The number of hydrogen-bond acceptors (Lipinski definition) is 5. The summed E-state index contributed by atoms with van der Waals surface area (Å²) >= 11 is 0. The van der Waals surface area contributed by atoms with Crippen molar-refractivity contribution in [2.45, 2.75) is 44.8 Å². The van der Waals surface area contributed by atoms with Gasteiger partial charge in [0.1, 0.15) is 0 Å². The fraction of sp³-hybridized carbons (Fsp3) is 0.682. The number of carbonyl (C=O) groups is 1. The Morgan fingerprint density at radius 2 is 1.62 bits per heavy atom. The van der Waals surface area contributed by atoms with Crippen LogP contribution in [-0.4, -0.2) is 85.3 Å². The Hall–Kier alpha value is -2.21. The summed E-state index contributed by atoms with van der Waals surface area (Å²) in [6, 6.07) is 6.10. The van der Waals surface area contributed by atoms with Crippen LogP contribution in [0.2, 0.25) is 0 Å². The van der Waals surface area contributed by atoms with E-state index in [-0.39, 0.29) is 32.8 Å². The van der Waals surface area contributed by atoms with Crippen molar-refractivity contribution in [1.82, 2.24) is 9.80 Å². The number of halogens is 6. The van der Waals surface area contributed by atoms with E-state index in [2.05, 4.69) is 15.7 Å². The Kier molecular flexibility index (Phi) is 8.22. The van der Waals surface area contributed by atoms with Crippen LogP contribution in [0.3, 0.4) is 0 Å². The zero-order valence-corrected chi connectivity index (χ0v) is 18.8. The molecule has 6 nitrogen and oxygen atoms in total. The lowest BCUT2D eigenvalue weighted by molar-refractivity contribution is -0.308. The van der Waals surface area contributed by atoms with Crippen LogP contribution in [0.4, 0.5) is 36.8 Å². The predicted molar refractivity (Wildman–Crippen MR) is 112 cm³/mol. The van der Waals surface area contributed by atoms with E-state index in [9.17, 15) is 36.2 Å². The molecule has 0 aromatic heterocycles. The molecule has 34 heavy (non-hydrogen) atoms. The van der Waals surface area contributed by atoms with Crippen LogP contribution in [0.15, 0.2) is 18.2 Å². The zero-order chi connectivity index (χ0) is 25.1. The highest BCUT2D eigenvalue weighted by molar-refractivity contribution is 5.68. The fourth-order valence-electron chi connectivity index (χ4n) is 4.28. The molecule has 0 spiro atoms. The van der Waals surface area contributed by atoms with Crippen molar-refractivity contribution in [2.24, 2.45) is 5.92 Å². The van der Waals surface area contributed by atoms with Gasteiger partial charge in [0.05, 0.1) is 0 Å². The van der Waals surface area contributed by atoms with Gasteiger partial charge in [0.25, 0.3) is 6.10 Å². The summed E-state index contributed by atoms with van der Waals surface area (Å²) in [4.78, 5) is 17.1. The van der Waals surface area contributed by atoms with Gasteiger partial charge in [0.15, 0.2) is 0 Å². The molecular formula is C22H29F6N3O3. The molecular weight excluding hydrogens is 468 g/mol. The number of amides is 1. The fourth-order valence-corrected chi connectivity index (χ4v) is 4.28. The molecule has 2 heterocycles. The number of carbonyl (C=O) groups excluding carboxylic acids is 1. The van der Waals surface area contributed by atoms with Crippen LogP contribution in [0.5, 0.6) is 0 Å². The minimum absolute atomic E-state index is 0.0373. The number of ether oxygens (including phenoxy) is 1. The first-order chi connectivity index (χ1) is 15.9. The number of hydrogen-bond donors (Lipinski definition) is 1. The molecule has 0 atom stereocenters. The number of benzene rings is 1. The summed E-state index contributed by atoms with van der Waals surface area (Å²) in [5, 5.41) is 9.38. The number of nitrogens with zero attached hydrogens (tertiary/aromatic N) is 3. The summed E-state index contributed by atoms with van der Waals surface area (Å²) in [5.41, 5.74) is 3.23. The van der Waals surface area contributed by atoms with E-state index in [0.717, 1.165) is 47.6 Å². The Morgan fingerprint density at radius 3 is 2.15 bits per heavy atom. The van der Waals surface area contributed by atoms with Crippen LogP contribution < -0.4 is 4.90 Å². The maximum Gasteiger partial charge on any atom is 0.434 e. The molecule has 2 fully saturated rings. The standard InChI is InChI=1S/C22H29F6N3O3/c1-15-2-3-17(18(12-15)30-6-4-16(14-32)5-7-30)13-29-8-10-31(11-9-29)20(33)34-19(21(23,24)25)22(26,27)28/h2-3,12,16,19,32H,4-11,13-14H2,1H3. The second-order valence-corrected chi connectivity index (χ2v) is 8.86. The smallest absolute Gasteiger partial charge is 0.426 e. The number of rotatable bonds is 5. The van der Waals surface area contributed by atoms with Crippen molar-refractivity contribution < 1.29 is 41.0 Å². The highest BCUT2D eigenvalue weighted by Gasteiger charge is 2.60. The minimum atomic E-state index is -5.73. The first-order valence-electron chi connectivity index (χ1n) is 11.1. The lowest BCUT2D eigenvalue weighted by atomic mass is 9.96. The first kappa shape index (κ1) is 26.4. The number of aliphatic hydroxyl groups is 1. The molecule has 1 aromatic carbocycles. The van der Waals surface area contributed by atoms with E-state index in [1.807, 2.05) is 24.0 Å². The lowest BCUT2D eigenvalue weighted by Crippen LogP contribution is -2.52. The summed E-state index contributed by atoms with van der Waals surface area (Å²) < 4.78 is 79.8. The maximum atomic E-state index is 12.7. The van der Waals surface area contributed by atoms with E-state index < -0.39 is 24.5 Å². The van der Waals surface area contributed by atoms with Crippen molar-refractivity contribution in [3.63, 3.8) is 0 Å². The molecule has 0 saturated carbocycles. The van der Waals surface area contributed by atoms with Gasteiger partial charge in [-0.05, 0) is 42.9 Å². The maximum absolute atomic E-state index is 12.7. The summed E-state index contributed by atoms with van der Waals surface area (Å²) in [5.74, 6) is 0.298. The van der Waals surface area contributed by atoms with Gasteiger partial charge in [-0.15, -0.1) is 0 Å². The van der Waals surface area contributed by atoms with Crippen LogP contribution in [0.1, 0.15) is 24.0 Å². The van der Waals surface area contributed by atoms with Crippen LogP contribution in [-0.2, 0) is 11.3 Å². The summed E-state index contributed by atoms with van der Waals surface area (Å²) in [7, 11) is 0. The second kappa shape index (κ2) is 10.6. The molecule has 0 bridgehead atoms. The largest absolute Gasteiger partial charge is 0.434 e. The molecule has 0 aliphatic carbocycles. The molecule has 12 heteroatoms. The van der Waals surface area contributed by atoms with Crippen molar-refractivity contribution in [2.75, 3.05) is 50.8 Å². The third-order valence-electron chi connectivity index (χ3n) is 6.29. The highest BCUT2D eigenvalue weighted by atomic mass is 19.4. The van der Waals surface area contributed by atoms with Gasteiger partial charge in [-0.2, -0.15) is 26.3 Å². The van der Waals surface area contributed by atoms with Crippen LogP contribution in [0, 0.1) is 12.8 Å². The van der Waals surface area contributed by atoms with Gasteiger partial charge in [-0.3, -0.25) is 4.90 Å². The van der Waals surface area contributed by atoms with E-state index in [1.54, 1.807) is 0 Å². The second-order valence-electron chi connectivity index (χ2n) is 8.86. The minimum Gasteiger partial charge on any atom is -0.426 e. The van der Waals surface area contributed by atoms with Gasteiger partial charge in [0, 0.05) is 58.1 Å². The Morgan fingerprint density at radius 1 is 1.03 bits per heavy atom. The summed E-state index contributed by atoms with van der Waals surface area (Å²) in [6.07, 6.45) is -15.5. The van der Waals surface area contributed by atoms with E-state index in [4.69, 9.17) is 0 Å². The summed E-state index contributed by atoms with van der Waals surface area (Å²) in [6.45, 7) is 4.85. The molecule has 0 radical (unpaired) electrons. The molecule has 0 unspecified atom stereocenters. The van der Waals surface area contributed by atoms with Crippen LogP contribution >= 0.6 is 0 Å². The van der Waals surface area contributed by atoms with Crippen molar-refractivity contribution in [3.05, 3.63) is 29.3 Å². The third-order valence-corrected chi connectivity index (χ3v) is 6.29. The molecule has 1 amide bonds. The van der Waals surface area contributed by atoms with Gasteiger partial charge in [0.2, 0.25) is 0 Å². The topological polar surface area (TPSA) is 56.2 Å². The number of alkyl halides is 6. The third kappa shape index (κ3) is 6.68. The van der Waals surface area contributed by atoms with Crippen molar-refractivity contribution in [3.8, 4) is 0 Å². The number of anilines is 1. The Balaban J connectivity index is 1.59. The lowest BCUT2D eigenvalue weighted by Gasteiger charge is -2.37. The van der Waals surface area contributed by atoms with Gasteiger partial charge < -0.3 is 19.6 Å². The van der Waals surface area contributed by atoms with Crippen molar-refractivity contribution in [1.29, 1.82) is 0 Å². The number of piperazine rings is 1. The van der Waals surface area contributed by atoms with Gasteiger partial charge >= 0.3 is 18.4 Å². The molecule has 192 valence electrons. The quantitative estimate of drug-likeness (QED) is 0.625. The predicted octanol–water partition coefficient (Wildman–Crippen LogP) is 3.95. The molecule has 2 saturated heterocycles. The van der Waals surface area contributed by atoms with E-state index in [0.29, 0.717) is 12.5 Å². The van der Waals surface area contributed by atoms with Gasteiger partial charge in [-0.1, -0.05) is 12.1 Å². The number of aliphatic hydroxyl groups excluding tert-OH is 1. The Bertz CT molecular complexity index is 818. The average Bonchev–Trinajstić information content (AvgIpc) is 2.77. The number of aryl methyl sites for hydroxylation is 1. The molecule has 1 aromatic rings. The van der Waals surface area contributed by atoms with Crippen molar-refractivity contribution >= 4 is 11.8 Å². The monoisotopic (exact) mass is 497 g/mol. The Labute approximate surface area is 194 Å².